The molecule has 1 heterocycles. The number of hydrogen-bond acceptors (Lipinski definition) is 5. The van der Waals surface area contributed by atoms with Crippen molar-refractivity contribution in [2.45, 2.75) is 33.1 Å². The van der Waals surface area contributed by atoms with Crippen LogP contribution in [-0.2, 0) is 4.74 Å². The first-order valence-electron chi connectivity index (χ1n) is 5.64. The Hall–Kier alpha value is -1.52. The molecular formula is C11H18N2O3. The lowest BCUT2D eigenvalue weighted by molar-refractivity contribution is 0.0519. The minimum atomic E-state index is -0.451. The molecule has 16 heavy (non-hydrogen) atoms. The number of oxazole rings is 1. The molecule has 0 saturated carbocycles. The van der Waals surface area contributed by atoms with Gasteiger partial charge in [0.1, 0.15) is 6.26 Å². The molecule has 0 radical (unpaired) electrons. The van der Waals surface area contributed by atoms with E-state index in [-0.39, 0.29) is 5.69 Å². The second-order valence-corrected chi connectivity index (χ2v) is 3.39. The van der Waals surface area contributed by atoms with Crippen LogP contribution in [0.5, 0.6) is 0 Å². The number of anilines is 1. The van der Waals surface area contributed by atoms with Crippen LogP contribution >= 0.6 is 0 Å². The van der Waals surface area contributed by atoms with Crippen LogP contribution in [0, 0.1) is 0 Å². The van der Waals surface area contributed by atoms with E-state index >= 15 is 0 Å². The number of nitrogens with one attached hydrogen (secondary N) is 1. The molecule has 1 aromatic rings. The Morgan fingerprint density at radius 1 is 1.50 bits per heavy atom. The highest BCUT2D eigenvalue weighted by atomic mass is 16.5. The number of unbranched alkanes of at least 4 members (excludes halogenated alkanes) is 2. The van der Waals surface area contributed by atoms with Crippen molar-refractivity contribution in [3.05, 3.63) is 12.0 Å². The van der Waals surface area contributed by atoms with Crippen LogP contribution in [0.15, 0.2) is 10.7 Å². The Balaban J connectivity index is 2.36. The molecule has 5 nitrogen and oxygen atoms in total. The first-order valence-corrected chi connectivity index (χ1v) is 5.64. The minimum absolute atomic E-state index is 0.208. The molecule has 0 atom stereocenters. The van der Waals surface area contributed by atoms with Gasteiger partial charge in [-0.3, -0.25) is 0 Å². The molecule has 0 aliphatic rings. The van der Waals surface area contributed by atoms with Gasteiger partial charge in [0.05, 0.1) is 6.61 Å². The van der Waals surface area contributed by atoms with Gasteiger partial charge in [0.25, 0.3) is 6.01 Å². The first kappa shape index (κ1) is 12.5. The van der Waals surface area contributed by atoms with E-state index < -0.39 is 5.97 Å². The van der Waals surface area contributed by atoms with Crippen molar-refractivity contribution in [2.75, 3.05) is 18.5 Å². The van der Waals surface area contributed by atoms with Gasteiger partial charge in [-0.25, -0.2) is 4.79 Å². The maximum Gasteiger partial charge on any atom is 0.360 e. The van der Waals surface area contributed by atoms with E-state index in [1.807, 2.05) is 0 Å². The fourth-order valence-corrected chi connectivity index (χ4v) is 1.22. The quantitative estimate of drug-likeness (QED) is 0.571. The Morgan fingerprint density at radius 3 is 3.00 bits per heavy atom. The minimum Gasteiger partial charge on any atom is -0.461 e. The van der Waals surface area contributed by atoms with Crippen molar-refractivity contribution in [2.24, 2.45) is 0 Å². The fraction of sp³-hybridized carbons (Fsp3) is 0.636. The van der Waals surface area contributed by atoms with Crippen molar-refractivity contribution < 1.29 is 13.9 Å². The fourth-order valence-electron chi connectivity index (χ4n) is 1.22. The summed E-state index contributed by atoms with van der Waals surface area (Å²) in [6.07, 6.45) is 4.70. The number of hydrogen-bond donors (Lipinski definition) is 1. The number of rotatable bonds is 7. The maximum atomic E-state index is 11.3. The van der Waals surface area contributed by atoms with Gasteiger partial charge in [-0.2, -0.15) is 4.98 Å². The zero-order chi connectivity index (χ0) is 11.8. The molecular weight excluding hydrogens is 208 g/mol. The van der Waals surface area contributed by atoms with Crippen LogP contribution in [0.25, 0.3) is 0 Å². The summed E-state index contributed by atoms with van der Waals surface area (Å²) in [6, 6.07) is 0.374. The summed E-state index contributed by atoms with van der Waals surface area (Å²) >= 11 is 0. The van der Waals surface area contributed by atoms with E-state index in [0.29, 0.717) is 12.6 Å². The second-order valence-electron chi connectivity index (χ2n) is 3.39. The van der Waals surface area contributed by atoms with Crippen molar-refractivity contribution in [3.63, 3.8) is 0 Å². The highest BCUT2D eigenvalue weighted by Crippen LogP contribution is 2.08. The van der Waals surface area contributed by atoms with Crippen molar-refractivity contribution >= 4 is 12.0 Å². The molecule has 90 valence electrons. The molecule has 0 amide bonds. The SMILES string of the molecule is CCCCCNc1nc(C(=O)OCC)co1. The lowest BCUT2D eigenvalue weighted by Crippen LogP contribution is -2.06. The van der Waals surface area contributed by atoms with Crippen LogP contribution in [0.1, 0.15) is 43.6 Å². The Labute approximate surface area is 95.2 Å². The lowest BCUT2D eigenvalue weighted by Gasteiger charge is -1.99. The van der Waals surface area contributed by atoms with Gasteiger partial charge in [-0.1, -0.05) is 19.8 Å². The topological polar surface area (TPSA) is 64.4 Å². The summed E-state index contributed by atoms with van der Waals surface area (Å²) in [6.45, 7) is 5.04. The van der Waals surface area contributed by atoms with Crippen LogP contribution in [-0.4, -0.2) is 24.1 Å². The second kappa shape index (κ2) is 6.87. The van der Waals surface area contributed by atoms with E-state index in [1.165, 1.54) is 19.1 Å². The Morgan fingerprint density at radius 2 is 2.31 bits per heavy atom. The van der Waals surface area contributed by atoms with Crippen LogP contribution in [0.2, 0.25) is 0 Å². The number of carbonyl (C=O) groups is 1. The third-order valence-corrected chi connectivity index (χ3v) is 2.05. The summed E-state index contributed by atoms with van der Waals surface area (Å²) in [5.41, 5.74) is 0.208. The molecule has 0 spiro atoms. The highest BCUT2D eigenvalue weighted by Gasteiger charge is 2.12. The third-order valence-electron chi connectivity index (χ3n) is 2.05. The van der Waals surface area contributed by atoms with Crippen molar-refractivity contribution in [1.29, 1.82) is 0 Å². The zero-order valence-corrected chi connectivity index (χ0v) is 9.78. The maximum absolute atomic E-state index is 11.3. The monoisotopic (exact) mass is 226 g/mol. The zero-order valence-electron chi connectivity index (χ0n) is 9.78. The summed E-state index contributed by atoms with van der Waals surface area (Å²) < 4.78 is 9.88. The van der Waals surface area contributed by atoms with Crippen molar-refractivity contribution in [3.8, 4) is 0 Å². The standard InChI is InChI=1S/C11H18N2O3/c1-3-5-6-7-12-11-13-9(8-16-11)10(14)15-4-2/h8H,3-7H2,1-2H3,(H,12,13). The molecule has 0 aromatic carbocycles. The molecule has 1 rings (SSSR count). The number of aromatic nitrogens is 1. The summed E-state index contributed by atoms with van der Waals surface area (Å²) in [5.74, 6) is -0.451. The summed E-state index contributed by atoms with van der Waals surface area (Å²) in [7, 11) is 0. The molecule has 1 aromatic heterocycles. The number of nitrogens with zero attached hydrogens (tertiary/aromatic N) is 1. The first-order chi connectivity index (χ1) is 7.77. The van der Waals surface area contributed by atoms with Gasteiger partial charge in [0.15, 0.2) is 5.69 Å². The van der Waals surface area contributed by atoms with Gasteiger partial charge in [-0.15, -0.1) is 0 Å². The van der Waals surface area contributed by atoms with Crippen LogP contribution in [0.3, 0.4) is 0 Å². The highest BCUT2D eigenvalue weighted by molar-refractivity contribution is 5.87. The van der Waals surface area contributed by atoms with Gasteiger partial charge in [-0.05, 0) is 13.3 Å². The third kappa shape index (κ3) is 3.92. The number of esters is 1. The van der Waals surface area contributed by atoms with E-state index in [1.54, 1.807) is 6.92 Å². The van der Waals surface area contributed by atoms with Gasteiger partial charge < -0.3 is 14.5 Å². The van der Waals surface area contributed by atoms with Gasteiger partial charge in [0.2, 0.25) is 0 Å². The largest absolute Gasteiger partial charge is 0.461 e. The smallest absolute Gasteiger partial charge is 0.360 e. The molecule has 1 N–H and O–H groups in total. The Bertz CT molecular complexity index is 323. The van der Waals surface area contributed by atoms with Crippen molar-refractivity contribution in [1.82, 2.24) is 4.98 Å². The predicted octanol–water partition coefficient (Wildman–Crippen LogP) is 2.45. The average molecular weight is 226 g/mol. The molecule has 0 saturated heterocycles. The predicted molar refractivity (Wildman–Crippen MR) is 60.5 cm³/mol. The molecule has 0 unspecified atom stereocenters. The van der Waals surface area contributed by atoms with Crippen LogP contribution < -0.4 is 5.32 Å². The van der Waals surface area contributed by atoms with E-state index in [2.05, 4.69) is 17.2 Å². The molecule has 5 heteroatoms. The number of carbonyl (C=O) groups excluding carboxylic acids is 1. The Kier molecular flexibility index (Phi) is 5.39. The van der Waals surface area contributed by atoms with Gasteiger partial charge >= 0.3 is 5.97 Å². The lowest BCUT2D eigenvalue weighted by atomic mass is 10.2. The van der Waals surface area contributed by atoms with Gasteiger partial charge in [0, 0.05) is 6.54 Å². The molecule has 0 aliphatic carbocycles. The summed E-state index contributed by atoms with van der Waals surface area (Å²) in [4.78, 5) is 15.2. The average Bonchev–Trinajstić information content (AvgIpc) is 2.73. The summed E-state index contributed by atoms with van der Waals surface area (Å²) in [5, 5.41) is 3.01. The normalized spacial score (nSPS) is 10.1. The number of ether oxygens (including phenoxy) is 1. The molecule has 0 aliphatic heterocycles. The molecule has 0 bridgehead atoms. The van der Waals surface area contributed by atoms with E-state index in [4.69, 9.17) is 9.15 Å². The van der Waals surface area contributed by atoms with E-state index in [0.717, 1.165) is 13.0 Å². The van der Waals surface area contributed by atoms with Crippen LogP contribution in [0.4, 0.5) is 6.01 Å². The van der Waals surface area contributed by atoms with E-state index in [9.17, 15) is 4.79 Å². The molecule has 0 fully saturated rings.